The molecule has 0 aliphatic rings. The Morgan fingerprint density at radius 3 is 2.36 bits per heavy atom. The molecule has 3 aromatic carbocycles. The Labute approximate surface area is 169 Å². The standard InChI is InChI=1S/C21H20N2O3S2/c1-27-15-16-7-5-8-17(13-16)21(24)22-18-9-6-10-19(14-18)23-28(25,26)20-11-3-2-4-12-20/h2-14,23H,15H2,1H3,(H,22,24). The maximum absolute atomic E-state index is 12.5. The van der Waals surface area contributed by atoms with Gasteiger partial charge in [-0.2, -0.15) is 11.8 Å². The number of amides is 1. The van der Waals surface area contributed by atoms with Gasteiger partial charge >= 0.3 is 0 Å². The molecule has 3 rings (SSSR count). The number of benzene rings is 3. The van der Waals surface area contributed by atoms with Crippen molar-refractivity contribution in [3.8, 4) is 0 Å². The van der Waals surface area contributed by atoms with Crippen LogP contribution in [0.15, 0.2) is 83.8 Å². The SMILES string of the molecule is CSCc1cccc(C(=O)Nc2cccc(NS(=O)(=O)c3ccccc3)c2)c1. The largest absolute Gasteiger partial charge is 0.322 e. The highest BCUT2D eigenvalue weighted by molar-refractivity contribution is 7.97. The zero-order chi connectivity index (χ0) is 20.0. The number of hydrogen-bond acceptors (Lipinski definition) is 4. The molecule has 0 heterocycles. The molecule has 3 aromatic rings. The van der Waals surface area contributed by atoms with E-state index in [4.69, 9.17) is 0 Å². The quantitative estimate of drug-likeness (QED) is 0.595. The topological polar surface area (TPSA) is 75.3 Å². The van der Waals surface area contributed by atoms with E-state index in [1.807, 2.05) is 24.5 Å². The van der Waals surface area contributed by atoms with Gasteiger partial charge in [0, 0.05) is 17.0 Å². The Morgan fingerprint density at radius 2 is 1.61 bits per heavy atom. The Hall–Kier alpha value is -2.77. The Kier molecular flexibility index (Phi) is 6.38. The van der Waals surface area contributed by atoms with Gasteiger partial charge in [0.1, 0.15) is 0 Å². The first-order valence-electron chi connectivity index (χ1n) is 8.55. The number of carbonyl (C=O) groups is 1. The fourth-order valence-corrected chi connectivity index (χ4v) is 4.23. The maximum Gasteiger partial charge on any atom is 0.261 e. The summed E-state index contributed by atoms with van der Waals surface area (Å²) in [5, 5.41) is 2.81. The summed E-state index contributed by atoms with van der Waals surface area (Å²) >= 11 is 1.69. The first-order valence-corrected chi connectivity index (χ1v) is 11.4. The van der Waals surface area contributed by atoms with Crippen LogP contribution in [0.5, 0.6) is 0 Å². The molecule has 0 spiro atoms. The number of rotatable bonds is 7. The van der Waals surface area contributed by atoms with Gasteiger partial charge in [-0.1, -0.05) is 36.4 Å². The summed E-state index contributed by atoms with van der Waals surface area (Å²) in [6.07, 6.45) is 2.01. The van der Waals surface area contributed by atoms with Crippen LogP contribution in [0.2, 0.25) is 0 Å². The smallest absolute Gasteiger partial charge is 0.261 e. The molecule has 7 heteroatoms. The van der Waals surface area contributed by atoms with Crippen LogP contribution in [0.25, 0.3) is 0 Å². The lowest BCUT2D eigenvalue weighted by Crippen LogP contribution is -2.14. The van der Waals surface area contributed by atoms with Gasteiger partial charge in [0.15, 0.2) is 0 Å². The second-order valence-corrected chi connectivity index (χ2v) is 8.64. The van der Waals surface area contributed by atoms with Crippen molar-refractivity contribution in [2.24, 2.45) is 0 Å². The van der Waals surface area contributed by atoms with Crippen molar-refractivity contribution >= 4 is 39.1 Å². The lowest BCUT2D eigenvalue weighted by atomic mass is 10.1. The number of carbonyl (C=O) groups excluding carboxylic acids is 1. The van der Waals surface area contributed by atoms with E-state index < -0.39 is 10.0 Å². The third-order valence-electron chi connectivity index (χ3n) is 3.93. The third-order valence-corrected chi connectivity index (χ3v) is 5.95. The molecule has 2 N–H and O–H groups in total. The van der Waals surface area contributed by atoms with Gasteiger partial charge in [-0.05, 0) is 54.3 Å². The normalized spacial score (nSPS) is 11.0. The average Bonchev–Trinajstić information content (AvgIpc) is 2.69. The first kappa shape index (κ1) is 20.0. The van der Waals surface area contributed by atoms with Crippen LogP contribution in [-0.2, 0) is 15.8 Å². The van der Waals surface area contributed by atoms with E-state index in [1.54, 1.807) is 60.3 Å². The molecule has 5 nitrogen and oxygen atoms in total. The lowest BCUT2D eigenvalue weighted by molar-refractivity contribution is 0.102. The van der Waals surface area contributed by atoms with Crippen LogP contribution in [-0.4, -0.2) is 20.6 Å². The molecule has 1 amide bonds. The molecule has 0 atom stereocenters. The van der Waals surface area contributed by atoms with Crippen molar-refractivity contribution in [1.29, 1.82) is 0 Å². The van der Waals surface area contributed by atoms with Gasteiger partial charge < -0.3 is 5.32 Å². The Balaban J connectivity index is 1.75. The van der Waals surface area contributed by atoms with Crippen molar-refractivity contribution in [2.75, 3.05) is 16.3 Å². The highest BCUT2D eigenvalue weighted by Gasteiger charge is 2.14. The second kappa shape index (κ2) is 8.95. The van der Waals surface area contributed by atoms with Gasteiger partial charge in [0.25, 0.3) is 15.9 Å². The number of hydrogen-bond donors (Lipinski definition) is 2. The molecule has 0 saturated heterocycles. The van der Waals surface area contributed by atoms with Gasteiger partial charge in [-0.25, -0.2) is 8.42 Å². The maximum atomic E-state index is 12.5. The molecule has 0 fully saturated rings. The van der Waals surface area contributed by atoms with Gasteiger partial charge in [-0.15, -0.1) is 0 Å². The van der Waals surface area contributed by atoms with Crippen molar-refractivity contribution in [3.05, 3.63) is 90.0 Å². The predicted octanol–water partition coefficient (Wildman–Crippen LogP) is 4.60. The van der Waals surface area contributed by atoms with Gasteiger partial charge in [-0.3, -0.25) is 9.52 Å². The van der Waals surface area contributed by atoms with E-state index in [0.29, 0.717) is 16.9 Å². The Bertz CT molecular complexity index is 1070. The molecule has 0 saturated carbocycles. The zero-order valence-electron chi connectivity index (χ0n) is 15.3. The summed E-state index contributed by atoms with van der Waals surface area (Å²) in [7, 11) is -3.69. The minimum atomic E-state index is -3.69. The van der Waals surface area contributed by atoms with Crippen LogP contribution in [0, 0.1) is 0 Å². The molecule has 0 aliphatic carbocycles. The lowest BCUT2D eigenvalue weighted by Gasteiger charge is -2.11. The number of thioether (sulfide) groups is 1. The molecule has 0 aromatic heterocycles. The number of anilines is 2. The summed E-state index contributed by atoms with van der Waals surface area (Å²) < 4.78 is 27.4. The van der Waals surface area contributed by atoms with Crippen LogP contribution >= 0.6 is 11.8 Å². The van der Waals surface area contributed by atoms with Crippen molar-refractivity contribution in [3.63, 3.8) is 0 Å². The third kappa shape index (κ3) is 5.15. The van der Waals surface area contributed by atoms with Crippen LogP contribution in [0.4, 0.5) is 11.4 Å². The zero-order valence-corrected chi connectivity index (χ0v) is 16.9. The van der Waals surface area contributed by atoms with Crippen molar-refractivity contribution < 1.29 is 13.2 Å². The van der Waals surface area contributed by atoms with E-state index in [0.717, 1.165) is 11.3 Å². The fraction of sp³-hybridized carbons (Fsp3) is 0.0952. The summed E-state index contributed by atoms with van der Waals surface area (Å²) in [4.78, 5) is 12.7. The monoisotopic (exact) mass is 412 g/mol. The molecule has 0 radical (unpaired) electrons. The van der Waals surface area contributed by atoms with Crippen LogP contribution in [0.3, 0.4) is 0 Å². The molecular weight excluding hydrogens is 392 g/mol. The number of sulfonamides is 1. The minimum absolute atomic E-state index is 0.176. The first-order chi connectivity index (χ1) is 13.5. The van der Waals surface area contributed by atoms with Gasteiger partial charge in [0.2, 0.25) is 0 Å². The van der Waals surface area contributed by atoms with Crippen LogP contribution < -0.4 is 10.0 Å². The molecule has 144 valence electrons. The molecule has 0 unspecified atom stereocenters. The molecule has 0 bridgehead atoms. The van der Waals surface area contributed by atoms with E-state index >= 15 is 0 Å². The van der Waals surface area contributed by atoms with E-state index in [-0.39, 0.29) is 10.8 Å². The highest BCUT2D eigenvalue weighted by atomic mass is 32.2. The summed E-state index contributed by atoms with van der Waals surface area (Å²) in [5.41, 5.74) is 2.51. The average molecular weight is 413 g/mol. The predicted molar refractivity (Wildman–Crippen MR) is 115 cm³/mol. The Morgan fingerprint density at radius 1 is 0.893 bits per heavy atom. The second-order valence-electron chi connectivity index (χ2n) is 6.09. The summed E-state index contributed by atoms with van der Waals surface area (Å²) in [6.45, 7) is 0. The van der Waals surface area contributed by atoms with Crippen LogP contribution in [0.1, 0.15) is 15.9 Å². The molecule has 0 aliphatic heterocycles. The molecular formula is C21H20N2O3S2. The van der Waals surface area contributed by atoms with E-state index in [1.165, 1.54) is 12.1 Å². The van der Waals surface area contributed by atoms with Crippen molar-refractivity contribution in [2.45, 2.75) is 10.6 Å². The van der Waals surface area contributed by atoms with E-state index in [2.05, 4.69) is 10.0 Å². The number of nitrogens with one attached hydrogen (secondary N) is 2. The van der Waals surface area contributed by atoms with E-state index in [9.17, 15) is 13.2 Å². The fourth-order valence-electron chi connectivity index (χ4n) is 2.65. The minimum Gasteiger partial charge on any atom is -0.322 e. The summed E-state index contributed by atoms with van der Waals surface area (Å²) in [6, 6.07) is 22.2. The van der Waals surface area contributed by atoms with Gasteiger partial charge in [0.05, 0.1) is 10.6 Å². The highest BCUT2D eigenvalue weighted by Crippen LogP contribution is 2.20. The molecule has 28 heavy (non-hydrogen) atoms. The summed E-state index contributed by atoms with van der Waals surface area (Å²) in [5.74, 6) is 0.587. The van der Waals surface area contributed by atoms with Crippen molar-refractivity contribution in [1.82, 2.24) is 0 Å².